The van der Waals surface area contributed by atoms with Crippen LogP contribution in [0.5, 0.6) is 0 Å². The molecule has 4 aromatic heterocycles. The number of aromatic nitrogens is 4. The lowest BCUT2D eigenvalue weighted by molar-refractivity contribution is 0.569. The fourth-order valence-electron chi connectivity index (χ4n) is 6.61. The van der Waals surface area contributed by atoms with Gasteiger partial charge >= 0.3 is 0 Å². The van der Waals surface area contributed by atoms with Crippen LogP contribution in [0.1, 0.15) is 0 Å². The SMILES string of the molecule is c1ccc(-c2ccccc2-c2ccc3c(-c4cccc(-c5cnco5)n4)c4ccccc4c(-c4cccc(-c5cnco5)n4)c3c2)cc1. The number of rotatable bonds is 6. The Kier molecular flexibility index (Phi) is 6.68. The predicted octanol–water partition coefficient (Wildman–Crippen LogP) is 10.8. The Morgan fingerprint density at radius 3 is 1.46 bits per heavy atom. The minimum absolute atomic E-state index is 0.619. The van der Waals surface area contributed by atoms with Gasteiger partial charge in [-0.15, -0.1) is 0 Å². The summed E-state index contributed by atoms with van der Waals surface area (Å²) in [6.45, 7) is 0. The van der Waals surface area contributed by atoms with Gasteiger partial charge in [0.05, 0.1) is 23.8 Å². The number of hydrogen-bond donors (Lipinski definition) is 0. The second kappa shape index (κ2) is 11.6. The zero-order valence-corrected chi connectivity index (χ0v) is 25.6. The molecule has 0 N–H and O–H groups in total. The van der Waals surface area contributed by atoms with Gasteiger partial charge in [-0.3, -0.25) is 0 Å². The van der Waals surface area contributed by atoms with E-state index >= 15 is 0 Å². The molecule has 0 saturated heterocycles. The first kappa shape index (κ1) is 27.6. The van der Waals surface area contributed by atoms with Gasteiger partial charge < -0.3 is 8.83 Å². The molecule has 5 aromatic carbocycles. The fourth-order valence-corrected chi connectivity index (χ4v) is 6.61. The number of nitrogens with zero attached hydrogens (tertiary/aromatic N) is 4. The molecule has 0 amide bonds. The maximum absolute atomic E-state index is 5.64. The molecule has 9 aromatic rings. The molecule has 4 heterocycles. The van der Waals surface area contributed by atoms with Crippen LogP contribution >= 0.6 is 0 Å². The molecule has 226 valence electrons. The van der Waals surface area contributed by atoms with Crippen LogP contribution in [-0.2, 0) is 0 Å². The van der Waals surface area contributed by atoms with Crippen LogP contribution in [0.2, 0.25) is 0 Å². The normalized spacial score (nSPS) is 11.3. The van der Waals surface area contributed by atoms with Gasteiger partial charge in [0.15, 0.2) is 24.3 Å². The van der Waals surface area contributed by atoms with Crippen molar-refractivity contribution >= 4 is 21.5 Å². The van der Waals surface area contributed by atoms with Crippen molar-refractivity contribution in [2.24, 2.45) is 0 Å². The first-order chi connectivity index (χ1) is 23.8. The minimum atomic E-state index is 0.619. The molecule has 0 aliphatic rings. The third-order valence-electron chi connectivity index (χ3n) is 8.73. The molecule has 0 aliphatic heterocycles. The molecule has 0 saturated carbocycles. The molecule has 0 spiro atoms. The lowest BCUT2D eigenvalue weighted by Gasteiger charge is -2.19. The molecular formula is C42H26N4O2. The third-order valence-corrected chi connectivity index (χ3v) is 8.73. The van der Waals surface area contributed by atoms with Gasteiger partial charge in [0.1, 0.15) is 11.4 Å². The number of hydrogen-bond acceptors (Lipinski definition) is 6. The summed E-state index contributed by atoms with van der Waals surface area (Å²) in [5, 5.41) is 4.28. The van der Waals surface area contributed by atoms with E-state index in [2.05, 4.69) is 113 Å². The zero-order valence-electron chi connectivity index (χ0n) is 25.6. The monoisotopic (exact) mass is 618 g/mol. The molecule has 0 atom stereocenters. The minimum Gasteiger partial charge on any atom is -0.442 e. The van der Waals surface area contributed by atoms with Crippen molar-refractivity contribution in [3.05, 3.63) is 159 Å². The highest BCUT2D eigenvalue weighted by atomic mass is 16.3. The Morgan fingerprint density at radius 2 is 0.875 bits per heavy atom. The molecule has 0 unspecified atom stereocenters. The zero-order chi connectivity index (χ0) is 31.9. The van der Waals surface area contributed by atoms with E-state index < -0.39 is 0 Å². The van der Waals surface area contributed by atoms with Crippen LogP contribution in [0.4, 0.5) is 0 Å². The summed E-state index contributed by atoms with van der Waals surface area (Å²) in [6, 6.07) is 46.3. The summed E-state index contributed by atoms with van der Waals surface area (Å²) in [5.74, 6) is 1.24. The van der Waals surface area contributed by atoms with Gasteiger partial charge in [-0.2, -0.15) is 0 Å². The van der Waals surface area contributed by atoms with Crippen molar-refractivity contribution in [1.82, 2.24) is 19.9 Å². The Bertz CT molecular complexity index is 2560. The van der Waals surface area contributed by atoms with Gasteiger partial charge in [0.2, 0.25) is 0 Å². The summed E-state index contributed by atoms with van der Waals surface area (Å²) in [5.41, 5.74) is 9.81. The smallest absolute Gasteiger partial charge is 0.181 e. The summed E-state index contributed by atoms with van der Waals surface area (Å²) in [6.07, 6.45) is 6.24. The molecule has 0 aliphatic carbocycles. The third kappa shape index (κ3) is 4.75. The van der Waals surface area contributed by atoms with Crippen molar-refractivity contribution in [3.8, 4) is 67.7 Å². The highest BCUT2D eigenvalue weighted by Gasteiger charge is 2.20. The van der Waals surface area contributed by atoms with E-state index in [1.54, 1.807) is 12.4 Å². The van der Waals surface area contributed by atoms with E-state index in [0.717, 1.165) is 66.6 Å². The van der Waals surface area contributed by atoms with Crippen molar-refractivity contribution in [2.45, 2.75) is 0 Å². The first-order valence-corrected chi connectivity index (χ1v) is 15.7. The highest BCUT2D eigenvalue weighted by molar-refractivity contribution is 6.21. The topological polar surface area (TPSA) is 77.8 Å². The Balaban J connectivity index is 1.36. The van der Waals surface area contributed by atoms with Gasteiger partial charge in [0.25, 0.3) is 0 Å². The van der Waals surface area contributed by atoms with E-state index in [9.17, 15) is 0 Å². The average molecular weight is 619 g/mol. The van der Waals surface area contributed by atoms with E-state index in [0.29, 0.717) is 11.5 Å². The maximum atomic E-state index is 5.64. The highest BCUT2D eigenvalue weighted by Crippen LogP contribution is 2.45. The summed E-state index contributed by atoms with van der Waals surface area (Å²) in [4.78, 5) is 18.5. The van der Waals surface area contributed by atoms with Gasteiger partial charge in [-0.25, -0.2) is 19.9 Å². The van der Waals surface area contributed by atoms with E-state index in [4.69, 9.17) is 18.8 Å². The van der Waals surface area contributed by atoms with Crippen molar-refractivity contribution in [3.63, 3.8) is 0 Å². The molecule has 0 bridgehead atoms. The molecule has 6 nitrogen and oxygen atoms in total. The predicted molar refractivity (Wildman–Crippen MR) is 190 cm³/mol. The quantitative estimate of drug-likeness (QED) is 0.173. The van der Waals surface area contributed by atoms with Gasteiger partial charge in [-0.1, -0.05) is 103 Å². The van der Waals surface area contributed by atoms with E-state index in [-0.39, 0.29) is 0 Å². The van der Waals surface area contributed by atoms with E-state index in [1.807, 2.05) is 30.3 Å². The summed E-state index contributed by atoms with van der Waals surface area (Å²) in [7, 11) is 0. The molecule has 0 fully saturated rings. The molecule has 48 heavy (non-hydrogen) atoms. The average Bonchev–Trinajstić information content (AvgIpc) is 3.90. The lowest BCUT2D eigenvalue weighted by Crippen LogP contribution is -1.96. The second-order valence-corrected chi connectivity index (χ2v) is 11.5. The van der Waals surface area contributed by atoms with Crippen molar-refractivity contribution < 1.29 is 8.83 Å². The summed E-state index contributed by atoms with van der Waals surface area (Å²) < 4.78 is 11.3. The van der Waals surface area contributed by atoms with Crippen LogP contribution in [-0.4, -0.2) is 19.9 Å². The molecule has 6 heteroatoms. The van der Waals surface area contributed by atoms with Gasteiger partial charge in [-0.05, 0) is 74.1 Å². The number of pyridine rings is 2. The maximum Gasteiger partial charge on any atom is 0.181 e. The fraction of sp³-hybridized carbons (Fsp3) is 0. The van der Waals surface area contributed by atoms with Crippen LogP contribution in [0.3, 0.4) is 0 Å². The van der Waals surface area contributed by atoms with Crippen LogP contribution < -0.4 is 0 Å². The number of fused-ring (bicyclic) bond motifs is 2. The van der Waals surface area contributed by atoms with Gasteiger partial charge in [0, 0.05) is 11.1 Å². The Labute approximate surface area is 276 Å². The number of benzene rings is 5. The Morgan fingerprint density at radius 1 is 0.375 bits per heavy atom. The molecular weight excluding hydrogens is 592 g/mol. The van der Waals surface area contributed by atoms with Crippen LogP contribution in [0.15, 0.2) is 167 Å². The second-order valence-electron chi connectivity index (χ2n) is 11.5. The van der Waals surface area contributed by atoms with Crippen LogP contribution in [0.25, 0.3) is 89.2 Å². The molecule has 9 rings (SSSR count). The van der Waals surface area contributed by atoms with Crippen LogP contribution in [0, 0.1) is 0 Å². The number of oxazole rings is 2. The Hall–Kier alpha value is -6.66. The summed E-state index contributed by atoms with van der Waals surface area (Å²) >= 11 is 0. The van der Waals surface area contributed by atoms with Crippen molar-refractivity contribution in [1.29, 1.82) is 0 Å². The lowest BCUT2D eigenvalue weighted by atomic mass is 9.86. The van der Waals surface area contributed by atoms with Crippen molar-refractivity contribution in [2.75, 3.05) is 0 Å². The molecule has 0 radical (unpaired) electrons. The van der Waals surface area contributed by atoms with E-state index in [1.165, 1.54) is 23.9 Å². The standard InChI is InChI=1S/C42H26N4O2/c1-2-10-27(11-3-1)29-12-4-5-13-30(29)28-20-21-33-34(22-28)42(38-19-9-17-36(46-38)40-24-44-26-48-40)32-15-7-6-14-31(32)41(33)37-18-8-16-35(45-37)39-23-43-25-47-39/h1-26H. The first-order valence-electron chi connectivity index (χ1n) is 15.7. The largest absolute Gasteiger partial charge is 0.442 e.